The number of amides is 1. The van der Waals surface area contributed by atoms with E-state index >= 15 is 0 Å². The molecule has 0 radical (unpaired) electrons. The summed E-state index contributed by atoms with van der Waals surface area (Å²) in [5.74, 6) is -0.143. The third kappa shape index (κ3) is 4.72. The van der Waals surface area contributed by atoms with Crippen LogP contribution in [0.4, 0.5) is 0 Å². The first-order valence-electron chi connectivity index (χ1n) is 9.77. The van der Waals surface area contributed by atoms with E-state index in [0.29, 0.717) is 17.9 Å². The predicted octanol–water partition coefficient (Wildman–Crippen LogP) is 4.29. The standard InChI is InChI=1S/C24H20N2O5/c1-2-29-23(27)15-30-18-10-7-16(8-11-18)14-25-26-24(28)22-13-20-19-6-4-3-5-17(19)9-12-21(20)31-22/h3-14H,2,15H2,1H3,(H,26,28). The molecule has 31 heavy (non-hydrogen) atoms. The van der Waals surface area contributed by atoms with Crippen LogP contribution < -0.4 is 10.2 Å². The molecule has 0 atom stereocenters. The molecule has 0 spiro atoms. The van der Waals surface area contributed by atoms with E-state index in [4.69, 9.17) is 13.9 Å². The Balaban J connectivity index is 1.38. The highest BCUT2D eigenvalue weighted by Crippen LogP contribution is 2.28. The Hall–Kier alpha value is -4.13. The summed E-state index contributed by atoms with van der Waals surface area (Å²) < 4.78 is 15.8. The highest BCUT2D eigenvalue weighted by molar-refractivity contribution is 6.08. The van der Waals surface area contributed by atoms with E-state index in [1.165, 1.54) is 6.21 Å². The Morgan fingerprint density at radius 2 is 1.84 bits per heavy atom. The van der Waals surface area contributed by atoms with Crippen molar-refractivity contribution in [2.24, 2.45) is 5.10 Å². The molecule has 1 amide bonds. The van der Waals surface area contributed by atoms with Gasteiger partial charge in [0.2, 0.25) is 0 Å². The Kier molecular flexibility index (Phi) is 5.93. The van der Waals surface area contributed by atoms with Crippen LogP contribution in [0.2, 0.25) is 0 Å². The van der Waals surface area contributed by atoms with Crippen LogP contribution in [0.1, 0.15) is 23.0 Å². The molecule has 0 aliphatic heterocycles. The molecule has 4 rings (SSSR count). The number of rotatable bonds is 7. The number of hydrogen-bond donors (Lipinski definition) is 1. The summed E-state index contributed by atoms with van der Waals surface area (Å²) in [6.45, 7) is 1.90. The summed E-state index contributed by atoms with van der Waals surface area (Å²) in [4.78, 5) is 23.7. The zero-order chi connectivity index (χ0) is 21.6. The molecule has 0 unspecified atom stereocenters. The van der Waals surface area contributed by atoms with Crippen molar-refractivity contribution in [2.45, 2.75) is 6.92 Å². The first-order chi connectivity index (χ1) is 15.1. The normalized spacial score (nSPS) is 11.1. The van der Waals surface area contributed by atoms with Crippen molar-refractivity contribution in [3.05, 3.63) is 78.1 Å². The number of carbonyl (C=O) groups is 2. The Labute approximate surface area is 178 Å². The van der Waals surface area contributed by atoms with Gasteiger partial charge in [-0.05, 0) is 59.7 Å². The fraction of sp³-hybridized carbons (Fsp3) is 0.125. The highest BCUT2D eigenvalue weighted by atomic mass is 16.6. The lowest BCUT2D eigenvalue weighted by Gasteiger charge is -2.05. The van der Waals surface area contributed by atoms with E-state index < -0.39 is 11.9 Å². The third-order valence-electron chi connectivity index (χ3n) is 4.57. The molecule has 1 heterocycles. The molecule has 1 aromatic heterocycles. The van der Waals surface area contributed by atoms with Crippen molar-refractivity contribution in [1.29, 1.82) is 0 Å². The molecule has 0 aliphatic rings. The lowest BCUT2D eigenvalue weighted by molar-refractivity contribution is -0.145. The van der Waals surface area contributed by atoms with Gasteiger partial charge in [0.1, 0.15) is 11.3 Å². The van der Waals surface area contributed by atoms with Gasteiger partial charge in [-0.2, -0.15) is 5.10 Å². The van der Waals surface area contributed by atoms with Gasteiger partial charge in [-0.1, -0.05) is 30.3 Å². The molecule has 7 heteroatoms. The molecule has 0 saturated heterocycles. The third-order valence-corrected chi connectivity index (χ3v) is 4.57. The molecule has 0 bridgehead atoms. The van der Waals surface area contributed by atoms with Gasteiger partial charge >= 0.3 is 11.9 Å². The number of hydrogen-bond acceptors (Lipinski definition) is 6. The zero-order valence-corrected chi connectivity index (χ0v) is 16.8. The fourth-order valence-electron chi connectivity index (χ4n) is 3.12. The monoisotopic (exact) mass is 416 g/mol. The summed E-state index contributed by atoms with van der Waals surface area (Å²) in [5.41, 5.74) is 3.86. The average Bonchev–Trinajstić information content (AvgIpc) is 3.24. The van der Waals surface area contributed by atoms with Crippen LogP contribution in [0.25, 0.3) is 21.7 Å². The van der Waals surface area contributed by atoms with Crippen LogP contribution in [0.15, 0.2) is 76.2 Å². The van der Waals surface area contributed by atoms with E-state index in [1.54, 1.807) is 37.3 Å². The molecule has 156 valence electrons. The van der Waals surface area contributed by atoms with Gasteiger partial charge in [0, 0.05) is 5.39 Å². The maximum atomic E-state index is 12.4. The van der Waals surface area contributed by atoms with Crippen LogP contribution in [-0.2, 0) is 9.53 Å². The quantitative estimate of drug-likeness (QED) is 0.276. The lowest BCUT2D eigenvalue weighted by atomic mass is 10.1. The van der Waals surface area contributed by atoms with Gasteiger partial charge in [-0.25, -0.2) is 10.2 Å². The number of fused-ring (bicyclic) bond motifs is 3. The summed E-state index contributed by atoms with van der Waals surface area (Å²) in [6, 6.07) is 20.4. The van der Waals surface area contributed by atoms with E-state index in [1.807, 2.05) is 36.4 Å². The van der Waals surface area contributed by atoms with Crippen LogP contribution in [0.3, 0.4) is 0 Å². The Morgan fingerprint density at radius 1 is 1.03 bits per heavy atom. The molecule has 0 saturated carbocycles. The van der Waals surface area contributed by atoms with Crippen molar-refractivity contribution in [2.75, 3.05) is 13.2 Å². The van der Waals surface area contributed by atoms with E-state index in [-0.39, 0.29) is 12.4 Å². The van der Waals surface area contributed by atoms with Gasteiger partial charge in [0.25, 0.3) is 0 Å². The number of hydrazone groups is 1. The molecule has 0 aliphatic carbocycles. The maximum absolute atomic E-state index is 12.4. The molecule has 4 aromatic rings. The second kappa shape index (κ2) is 9.13. The molecular formula is C24H20N2O5. The van der Waals surface area contributed by atoms with Gasteiger partial charge in [0.05, 0.1) is 12.8 Å². The zero-order valence-electron chi connectivity index (χ0n) is 16.8. The first-order valence-corrected chi connectivity index (χ1v) is 9.77. The molecular weight excluding hydrogens is 396 g/mol. The second-order valence-electron chi connectivity index (χ2n) is 6.67. The Morgan fingerprint density at radius 3 is 2.65 bits per heavy atom. The number of benzene rings is 3. The summed E-state index contributed by atoms with van der Waals surface area (Å²) in [6.07, 6.45) is 1.51. The van der Waals surface area contributed by atoms with Crippen molar-refractivity contribution in [3.63, 3.8) is 0 Å². The molecule has 1 N–H and O–H groups in total. The van der Waals surface area contributed by atoms with Gasteiger partial charge < -0.3 is 13.9 Å². The average molecular weight is 416 g/mol. The molecule has 3 aromatic carbocycles. The van der Waals surface area contributed by atoms with Gasteiger partial charge in [-0.15, -0.1) is 0 Å². The number of furan rings is 1. The maximum Gasteiger partial charge on any atom is 0.344 e. The molecule has 7 nitrogen and oxygen atoms in total. The van der Waals surface area contributed by atoms with E-state index in [0.717, 1.165) is 21.7 Å². The topological polar surface area (TPSA) is 90.1 Å². The van der Waals surface area contributed by atoms with Crippen LogP contribution in [0, 0.1) is 0 Å². The van der Waals surface area contributed by atoms with E-state index in [9.17, 15) is 9.59 Å². The first kappa shape index (κ1) is 20.2. The smallest absolute Gasteiger partial charge is 0.344 e. The number of nitrogens with zero attached hydrogens (tertiary/aromatic N) is 1. The number of ether oxygens (including phenoxy) is 2. The predicted molar refractivity (Wildman–Crippen MR) is 117 cm³/mol. The largest absolute Gasteiger partial charge is 0.482 e. The fourth-order valence-corrected chi connectivity index (χ4v) is 3.12. The highest BCUT2D eigenvalue weighted by Gasteiger charge is 2.13. The minimum Gasteiger partial charge on any atom is -0.482 e. The SMILES string of the molecule is CCOC(=O)COc1ccc(C=NNC(=O)c2cc3c(ccc4ccccc43)o2)cc1. The van der Waals surface area contributed by atoms with Crippen LogP contribution >= 0.6 is 0 Å². The van der Waals surface area contributed by atoms with Crippen molar-refractivity contribution < 1.29 is 23.5 Å². The van der Waals surface area contributed by atoms with Crippen LogP contribution in [0.5, 0.6) is 5.75 Å². The van der Waals surface area contributed by atoms with Crippen molar-refractivity contribution in [3.8, 4) is 5.75 Å². The van der Waals surface area contributed by atoms with Crippen molar-refractivity contribution >= 4 is 39.8 Å². The van der Waals surface area contributed by atoms with Crippen LogP contribution in [-0.4, -0.2) is 31.3 Å². The molecule has 0 fully saturated rings. The lowest BCUT2D eigenvalue weighted by Crippen LogP contribution is -2.16. The number of nitrogens with one attached hydrogen (secondary N) is 1. The van der Waals surface area contributed by atoms with Crippen molar-refractivity contribution in [1.82, 2.24) is 5.43 Å². The van der Waals surface area contributed by atoms with Gasteiger partial charge in [0.15, 0.2) is 12.4 Å². The minimum absolute atomic E-state index is 0.149. The van der Waals surface area contributed by atoms with Gasteiger partial charge in [-0.3, -0.25) is 4.79 Å². The summed E-state index contributed by atoms with van der Waals surface area (Å²) in [5, 5.41) is 6.96. The minimum atomic E-state index is -0.439. The summed E-state index contributed by atoms with van der Waals surface area (Å²) in [7, 11) is 0. The van der Waals surface area contributed by atoms with E-state index in [2.05, 4.69) is 10.5 Å². The summed E-state index contributed by atoms with van der Waals surface area (Å²) >= 11 is 0. The second-order valence-corrected chi connectivity index (χ2v) is 6.67. The number of carbonyl (C=O) groups excluding carboxylic acids is 2. The number of esters is 1. The Bertz CT molecular complexity index is 1260.